The summed E-state index contributed by atoms with van der Waals surface area (Å²) >= 11 is 0. The Morgan fingerprint density at radius 3 is 2.75 bits per heavy atom. The summed E-state index contributed by atoms with van der Waals surface area (Å²) in [5, 5.41) is 7.95. The first-order chi connectivity index (χ1) is 3.77. The van der Waals surface area contributed by atoms with Crippen LogP contribution >= 0.6 is 8.25 Å². The molecule has 0 radical (unpaired) electrons. The topological polar surface area (TPSA) is 66.8 Å². The lowest BCUT2D eigenvalue weighted by atomic mass is 10.7. The van der Waals surface area contributed by atoms with Crippen molar-refractivity contribution in [2.45, 2.75) is 0 Å². The van der Waals surface area contributed by atoms with Crippen molar-refractivity contribution in [3.05, 3.63) is 12.3 Å². The van der Waals surface area contributed by atoms with Crippen molar-refractivity contribution in [2.75, 3.05) is 6.61 Å². The number of rotatable bonds is 3. The molecule has 0 aliphatic carbocycles. The fraction of sp³-hybridized carbons (Fsp3) is 0.333. The van der Waals surface area contributed by atoms with Crippen LogP contribution in [0.15, 0.2) is 12.3 Å². The Morgan fingerprint density at radius 1 is 1.75 bits per heavy atom. The van der Waals surface area contributed by atoms with Crippen LogP contribution in [0.3, 0.4) is 0 Å². The van der Waals surface area contributed by atoms with Gasteiger partial charge in [0.2, 0.25) is 0 Å². The van der Waals surface area contributed by atoms with E-state index in [1.54, 1.807) is 0 Å². The van der Waals surface area contributed by atoms with Gasteiger partial charge in [-0.1, -0.05) is 0 Å². The van der Waals surface area contributed by atoms with Crippen molar-refractivity contribution >= 4 is 8.25 Å². The minimum atomic E-state index is -2.82. The van der Waals surface area contributed by atoms with Gasteiger partial charge in [-0.25, -0.2) is 0 Å². The molecular weight excluding hydrogens is 131 g/mol. The fourth-order valence-electron chi connectivity index (χ4n) is 0.162. The molecule has 0 saturated carbocycles. The van der Waals surface area contributed by atoms with Gasteiger partial charge in [0.1, 0.15) is 0 Å². The van der Waals surface area contributed by atoms with Crippen LogP contribution in [0.5, 0.6) is 0 Å². The molecule has 4 nitrogen and oxygen atoms in total. The Bertz CT molecular complexity index is 99.5. The van der Waals surface area contributed by atoms with Gasteiger partial charge in [0.15, 0.2) is 0 Å². The number of hydrogen-bond acceptors (Lipinski definition) is 3. The zero-order valence-corrected chi connectivity index (χ0v) is 5.07. The lowest BCUT2D eigenvalue weighted by Crippen LogP contribution is -1.77. The van der Waals surface area contributed by atoms with E-state index in [4.69, 9.17) is 10.00 Å². The molecule has 0 aliphatic rings. The van der Waals surface area contributed by atoms with E-state index >= 15 is 0 Å². The molecule has 0 aromatic heterocycles. The molecule has 1 atom stereocenters. The van der Waals surface area contributed by atoms with E-state index < -0.39 is 8.25 Å². The first-order valence-electron chi connectivity index (χ1n) is 1.92. The van der Waals surface area contributed by atoms with Gasteiger partial charge in [0.05, 0.1) is 12.9 Å². The summed E-state index contributed by atoms with van der Waals surface area (Å²) in [6.45, 7) is -0.0230. The Hall–Kier alpha value is -0.310. The quantitative estimate of drug-likeness (QED) is 0.439. The maximum absolute atomic E-state index is 9.72. The molecule has 2 N–H and O–H groups in total. The summed E-state index contributed by atoms with van der Waals surface area (Å²) in [5.41, 5.74) is 0. The normalized spacial score (nSPS) is 14.6. The predicted molar refractivity (Wildman–Crippen MR) is 28.9 cm³/mol. The third-order valence-corrected chi connectivity index (χ3v) is 0.822. The van der Waals surface area contributed by atoms with Gasteiger partial charge in [0.25, 0.3) is 0 Å². The van der Waals surface area contributed by atoms with Gasteiger partial charge >= 0.3 is 8.25 Å². The van der Waals surface area contributed by atoms with Crippen molar-refractivity contribution < 1.29 is 19.1 Å². The minimum absolute atomic E-state index is 0.0230. The average Bonchev–Trinajstić information content (AvgIpc) is 1.66. The van der Waals surface area contributed by atoms with Crippen LogP contribution in [0.4, 0.5) is 0 Å². The van der Waals surface area contributed by atoms with Gasteiger partial charge in [0, 0.05) is 0 Å². The van der Waals surface area contributed by atoms with E-state index in [1.165, 1.54) is 6.08 Å². The molecule has 0 spiro atoms. The molecule has 8 heavy (non-hydrogen) atoms. The zero-order valence-electron chi connectivity index (χ0n) is 4.07. The molecule has 0 aliphatic heterocycles. The third kappa shape index (κ3) is 5.69. The molecular formula is C3H7O4P. The van der Waals surface area contributed by atoms with Crippen LogP contribution in [-0.2, 0) is 9.09 Å². The maximum Gasteiger partial charge on any atom is 0.316 e. The molecule has 0 bridgehead atoms. The highest BCUT2D eigenvalue weighted by atomic mass is 31.1. The van der Waals surface area contributed by atoms with Gasteiger partial charge < -0.3 is 14.5 Å². The highest BCUT2D eigenvalue weighted by Gasteiger charge is 1.84. The minimum Gasteiger partial charge on any atom is -0.516 e. The highest BCUT2D eigenvalue weighted by molar-refractivity contribution is 7.32. The molecule has 0 saturated heterocycles. The van der Waals surface area contributed by atoms with Crippen LogP contribution < -0.4 is 0 Å². The van der Waals surface area contributed by atoms with Gasteiger partial charge in [-0.3, -0.25) is 4.57 Å². The second kappa shape index (κ2) is 4.84. The first kappa shape index (κ1) is 7.69. The SMILES string of the molecule is O=[PH](O)OCC=CO. The average molecular weight is 138 g/mol. The molecule has 0 amide bonds. The molecule has 0 heterocycles. The van der Waals surface area contributed by atoms with Crippen molar-refractivity contribution in [3.8, 4) is 0 Å². The van der Waals surface area contributed by atoms with E-state index in [0.717, 1.165) is 6.26 Å². The van der Waals surface area contributed by atoms with E-state index in [2.05, 4.69) is 4.52 Å². The van der Waals surface area contributed by atoms with Crippen molar-refractivity contribution in [3.63, 3.8) is 0 Å². The molecule has 0 aromatic rings. The molecule has 48 valence electrons. The maximum atomic E-state index is 9.72. The van der Waals surface area contributed by atoms with Crippen molar-refractivity contribution in [2.24, 2.45) is 0 Å². The van der Waals surface area contributed by atoms with Crippen LogP contribution in [0.2, 0.25) is 0 Å². The first-order valence-corrected chi connectivity index (χ1v) is 3.18. The lowest BCUT2D eigenvalue weighted by molar-refractivity contribution is 0.310. The van der Waals surface area contributed by atoms with E-state index in [0.29, 0.717) is 0 Å². The lowest BCUT2D eigenvalue weighted by Gasteiger charge is -1.89. The number of aliphatic hydroxyl groups excluding tert-OH is 1. The second-order valence-corrected chi connectivity index (χ2v) is 1.78. The smallest absolute Gasteiger partial charge is 0.316 e. The summed E-state index contributed by atoms with van der Waals surface area (Å²) in [5.74, 6) is 0. The summed E-state index contributed by atoms with van der Waals surface area (Å²) in [4.78, 5) is 7.99. The largest absolute Gasteiger partial charge is 0.516 e. The van der Waals surface area contributed by atoms with Crippen LogP contribution in [-0.4, -0.2) is 16.6 Å². The zero-order chi connectivity index (χ0) is 6.41. The predicted octanol–water partition coefficient (Wildman–Crippen LogP) is 0.457. The van der Waals surface area contributed by atoms with E-state index in [9.17, 15) is 4.57 Å². The molecule has 0 aromatic carbocycles. The summed E-state index contributed by atoms with van der Waals surface area (Å²) in [6, 6.07) is 0. The summed E-state index contributed by atoms with van der Waals surface area (Å²) < 4.78 is 13.9. The Kier molecular flexibility index (Phi) is 4.65. The fourth-order valence-corrected chi connectivity index (χ4v) is 0.401. The van der Waals surface area contributed by atoms with Crippen molar-refractivity contribution in [1.82, 2.24) is 0 Å². The van der Waals surface area contributed by atoms with Crippen LogP contribution in [0.1, 0.15) is 0 Å². The Morgan fingerprint density at radius 2 is 2.38 bits per heavy atom. The third-order valence-electron chi connectivity index (χ3n) is 0.408. The standard InChI is InChI=1S/C3H7O4P/c4-2-1-3-7-8(5)6/h1-2,4,8H,3H2,(H,5,6). The summed E-state index contributed by atoms with van der Waals surface area (Å²) in [6.07, 6.45) is 1.98. The van der Waals surface area contributed by atoms with E-state index in [1.807, 2.05) is 0 Å². The van der Waals surface area contributed by atoms with Gasteiger partial charge in [-0.15, -0.1) is 0 Å². The molecule has 5 heteroatoms. The Balaban J connectivity index is 3.05. The van der Waals surface area contributed by atoms with Gasteiger partial charge in [-0.2, -0.15) is 0 Å². The van der Waals surface area contributed by atoms with Gasteiger partial charge in [-0.05, 0) is 6.08 Å². The summed E-state index contributed by atoms with van der Waals surface area (Å²) in [7, 11) is -2.82. The van der Waals surface area contributed by atoms with E-state index in [-0.39, 0.29) is 6.61 Å². The highest BCUT2D eigenvalue weighted by Crippen LogP contribution is 2.12. The molecule has 0 rings (SSSR count). The van der Waals surface area contributed by atoms with Crippen LogP contribution in [0, 0.1) is 0 Å². The molecule has 0 fully saturated rings. The number of aliphatic hydroxyl groups is 1. The number of hydrogen-bond donors (Lipinski definition) is 2. The molecule has 1 unspecified atom stereocenters. The monoisotopic (exact) mass is 138 g/mol. The van der Waals surface area contributed by atoms with Crippen molar-refractivity contribution in [1.29, 1.82) is 0 Å². The second-order valence-electron chi connectivity index (χ2n) is 0.962. The Labute approximate surface area is 47.4 Å². The van der Waals surface area contributed by atoms with Crippen LogP contribution in [0.25, 0.3) is 0 Å².